The molecular weight excluding hydrogens is 544 g/mol. The van der Waals surface area contributed by atoms with Gasteiger partial charge in [-0.3, -0.25) is 0 Å². The smallest absolute Gasteiger partial charge is 0.157 e. The first kappa shape index (κ1) is 28.7. The molecule has 2 aliphatic rings. The van der Waals surface area contributed by atoms with Crippen LogP contribution < -0.4 is 0 Å². The van der Waals surface area contributed by atoms with Crippen molar-refractivity contribution < 1.29 is 30.6 Å². The maximum atomic E-state index is 10.3. The Bertz CT molecular complexity index is 1470. The monoisotopic (exact) mass is 582 g/mol. The first-order valence-electron chi connectivity index (χ1n) is 14.9. The second-order valence-electron chi connectivity index (χ2n) is 11.8. The van der Waals surface area contributed by atoms with Crippen molar-refractivity contribution in [2.45, 2.75) is 31.1 Å². The van der Waals surface area contributed by atoms with Crippen molar-refractivity contribution in [2.75, 3.05) is 39.3 Å². The fourth-order valence-electron chi connectivity index (χ4n) is 6.71. The number of hydrogen-bond acceptors (Lipinski definition) is 8. The van der Waals surface area contributed by atoms with Crippen LogP contribution in [0.3, 0.4) is 0 Å². The van der Waals surface area contributed by atoms with Crippen LogP contribution in [0.15, 0.2) is 72.8 Å². The molecule has 0 spiro atoms. The molecule has 6 N–H and O–H groups in total. The summed E-state index contributed by atoms with van der Waals surface area (Å²) in [5, 5.41) is 60.8. The molecule has 8 heteroatoms. The second-order valence-corrected chi connectivity index (χ2v) is 11.8. The van der Waals surface area contributed by atoms with Gasteiger partial charge < -0.3 is 40.4 Å². The molecule has 0 amide bonds. The maximum absolute atomic E-state index is 10.3. The van der Waals surface area contributed by atoms with Crippen molar-refractivity contribution in [3.8, 4) is 34.5 Å². The molecule has 2 heterocycles. The molecule has 8 nitrogen and oxygen atoms in total. The van der Waals surface area contributed by atoms with Crippen molar-refractivity contribution >= 4 is 0 Å². The van der Waals surface area contributed by atoms with Crippen molar-refractivity contribution in [1.29, 1.82) is 0 Å². The Labute approximate surface area is 251 Å². The summed E-state index contributed by atoms with van der Waals surface area (Å²) in [5.41, 5.74) is 6.12. The highest BCUT2D eigenvalue weighted by Gasteiger charge is 2.28. The van der Waals surface area contributed by atoms with Crippen LogP contribution in [0.1, 0.15) is 51.6 Å². The largest absolute Gasteiger partial charge is 0.508 e. The Kier molecular flexibility index (Phi) is 8.06. The minimum absolute atomic E-state index is 0.0171. The summed E-state index contributed by atoms with van der Waals surface area (Å²) in [7, 11) is 0. The molecule has 224 valence electrons. The SMILES string of the molecule is Oc1ccc(C2CN(CCCN3CCc4cc(O)c(O)cc4C(c4ccc(O)cc4)C3)CCc3cc(O)c(O)cc32)cc1. The van der Waals surface area contributed by atoms with E-state index in [4.69, 9.17) is 0 Å². The van der Waals surface area contributed by atoms with Crippen LogP contribution in [0.25, 0.3) is 0 Å². The lowest BCUT2D eigenvalue weighted by atomic mass is 9.87. The lowest BCUT2D eigenvalue weighted by molar-refractivity contribution is 0.228. The minimum atomic E-state index is -0.122. The summed E-state index contributed by atoms with van der Waals surface area (Å²) in [6.45, 7) is 4.90. The van der Waals surface area contributed by atoms with Gasteiger partial charge >= 0.3 is 0 Å². The molecule has 6 rings (SSSR count). The molecule has 0 fully saturated rings. The van der Waals surface area contributed by atoms with E-state index in [-0.39, 0.29) is 46.3 Å². The van der Waals surface area contributed by atoms with Crippen LogP contribution in [-0.4, -0.2) is 79.7 Å². The van der Waals surface area contributed by atoms with E-state index >= 15 is 0 Å². The molecule has 2 atom stereocenters. The highest BCUT2D eigenvalue weighted by molar-refractivity contribution is 5.52. The van der Waals surface area contributed by atoms with E-state index < -0.39 is 0 Å². The van der Waals surface area contributed by atoms with Gasteiger partial charge in [0.2, 0.25) is 0 Å². The number of phenolic OH excluding ortho intramolecular Hbond substituents is 6. The Hall–Kier alpha value is -4.40. The maximum Gasteiger partial charge on any atom is 0.157 e. The summed E-state index contributed by atoms with van der Waals surface area (Å²) in [5.74, 6) is -0.0801. The van der Waals surface area contributed by atoms with Crippen molar-refractivity contribution in [1.82, 2.24) is 9.80 Å². The van der Waals surface area contributed by atoms with Crippen LogP contribution in [-0.2, 0) is 12.8 Å². The normalized spacial score (nSPS) is 19.3. The number of fused-ring (bicyclic) bond motifs is 2. The van der Waals surface area contributed by atoms with Gasteiger partial charge in [-0.15, -0.1) is 0 Å². The number of nitrogens with zero attached hydrogens (tertiary/aromatic N) is 2. The van der Waals surface area contributed by atoms with Gasteiger partial charge in [-0.05, 0) is 114 Å². The van der Waals surface area contributed by atoms with E-state index in [0.29, 0.717) is 0 Å². The number of aromatic hydroxyl groups is 6. The Balaban J connectivity index is 1.18. The highest BCUT2D eigenvalue weighted by atomic mass is 16.3. The number of phenols is 6. The number of hydrogen-bond donors (Lipinski definition) is 6. The molecule has 4 aromatic carbocycles. The predicted octanol–water partition coefficient (Wildman–Crippen LogP) is 4.99. The standard InChI is InChI=1S/C35H38N2O6/c38-26-6-2-22(3-7-26)30-20-36(14-10-24-16-32(40)34(42)18-28(24)30)12-1-13-37-15-11-25-17-33(41)35(43)19-29(25)31(21-37)23-4-8-27(39)9-5-23/h2-9,16-19,30-31,38-43H,1,10-15,20-21H2. The summed E-state index contributed by atoms with van der Waals surface area (Å²) in [4.78, 5) is 4.87. The molecule has 0 aliphatic carbocycles. The zero-order chi connectivity index (χ0) is 30.1. The van der Waals surface area contributed by atoms with E-state index in [1.807, 2.05) is 24.3 Å². The third kappa shape index (κ3) is 6.21. The van der Waals surface area contributed by atoms with Gasteiger partial charge in [0.1, 0.15) is 11.5 Å². The van der Waals surface area contributed by atoms with E-state index in [1.54, 1.807) is 48.5 Å². The van der Waals surface area contributed by atoms with Gasteiger partial charge in [-0.25, -0.2) is 0 Å². The number of benzene rings is 4. The molecular formula is C35H38N2O6. The van der Waals surface area contributed by atoms with Gasteiger partial charge in [-0.2, -0.15) is 0 Å². The van der Waals surface area contributed by atoms with E-state index in [9.17, 15) is 30.6 Å². The topological polar surface area (TPSA) is 128 Å². The minimum Gasteiger partial charge on any atom is -0.508 e. The average Bonchev–Trinajstić information content (AvgIpc) is 3.27. The molecule has 0 aromatic heterocycles. The van der Waals surface area contributed by atoms with Gasteiger partial charge in [0.25, 0.3) is 0 Å². The van der Waals surface area contributed by atoms with Gasteiger partial charge in [-0.1, -0.05) is 24.3 Å². The zero-order valence-corrected chi connectivity index (χ0v) is 24.0. The summed E-state index contributed by atoms with van der Waals surface area (Å²) < 4.78 is 0. The molecule has 0 saturated carbocycles. The lowest BCUT2D eigenvalue weighted by Gasteiger charge is -2.28. The lowest BCUT2D eigenvalue weighted by Crippen LogP contribution is -2.34. The van der Waals surface area contributed by atoms with Gasteiger partial charge in [0.15, 0.2) is 23.0 Å². The van der Waals surface area contributed by atoms with Crippen LogP contribution in [0.4, 0.5) is 0 Å². The molecule has 0 bridgehead atoms. The second kappa shape index (κ2) is 12.1. The third-order valence-corrected chi connectivity index (χ3v) is 9.04. The summed E-state index contributed by atoms with van der Waals surface area (Å²) in [6.07, 6.45) is 2.45. The fourth-order valence-corrected chi connectivity index (χ4v) is 6.71. The Morgan fingerprint density at radius 1 is 0.512 bits per heavy atom. The van der Waals surface area contributed by atoms with Gasteiger partial charge in [0, 0.05) is 38.0 Å². The van der Waals surface area contributed by atoms with Gasteiger partial charge in [0.05, 0.1) is 0 Å². The highest BCUT2D eigenvalue weighted by Crippen LogP contribution is 2.39. The van der Waals surface area contributed by atoms with E-state index in [1.165, 1.54) is 0 Å². The van der Waals surface area contributed by atoms with Crippen LogP contribution in [0.2, 0.25) is 0 Å². The molecule has 4 aromatic rings. The fraction of sp³-hybridized carbons (Fsp3) is 0.314. The third-order valence-electron chi connectivity index (χ3n) is 9.04. The first-order chi connectivity index (χ1) is 20.7. The quantitative estimate of drug-likeness (QED) is 0.176. The Morgan fingerprint density at radius 2 is 0.884 bits per heavy atom. The summed E-state index contributed by atoms with van der Waals surface area (Å²) in [6, 6.07) is 21.1. The molecule has 0 radical (unpaired) electrons. The van der Waals surface area contributed by atoms with Crippen molar-refractivity contribution in [3.63, 3.8) is 0 Å². The average molecular weight is 583 g/mol. The van der Waals surface area contributed by atoms with Crippen LogP contribution >= 0.6 is 0 Å². The predicted molar refractivity (Wildman–Crippen MR) is 164 cm³/mol. The number of rotatable bonds is 6. The molecule has 0 saturated heterocycles. The van der Waals surface area contributed by atoms with Crippen molar-refractivity contribution in [3.05, 3.63) is 106 Å². The summed E-state index contributed by atoms with van der Waals surface area (Å²) >= 11 is 0. The Morgan fingerprint density at radius 3 is 1.28 bits per heavy atom. The van der Waals surface area contributed by atoms with Crippen LogP contribution in [0.5, 0.6) is 34.5 Å². The molecule has 43 heavy (non-hydrogen) atoms. The molecule has 2 aliphatic heterocycles. The van der Waals surface area contributed by atoms with E-state index in [2.05, 4.69) is 9.80 Å². The molecule has 2 unspecified atom stereocenters. The first-order valence-corrected chi connectivity index (χ1v) is 14.9. The zero-order valence-electron chi connectivity index (χ0n) is 24.0. The van der Waals surface area contributed by atoms with Crippen LogP contribution in [0, 0.1) is 0 Å². The van der Waals surface area contributed by atoms with E-state index in [0.717, 1.165) is 91.9 Å². The van der Waals surface area contributed by atoms with Crippen molar-refractivity contribution in [2.24, 2.45) is 0 Å².